The lowest BCUT2D eigenvalue weighted by molar-refractivity contribution is -0.130. The molecule has 0 bridgehead atoms. The van der Waals surface area contributed by atoms with Crippen LogP contribution < -0.4 is 0 Å². The van der Waals surface area contributed by atoms with Crippen LogP contribution in [0.1, 0.15) is 6.42 Å². The highest BCUT2D eigenvalue weighted by molar-refractivity contribution is 5.05. The summed E-state index contributed by atoms with van der Waals surface area (Å²) in [6, 6.07) is 0. The highest BCUT2D eigenvalue weighted by atomic mass is 16.6. The molecule has 2 saturated heterocycles. The molecule has 0 amide bonds. The van der Waals surface area contributed by atoms with E-state index in [1.54, 1.807) is 0 Å². The van der Waals surface area contributed by atoms with Crippen molar-refractivity contribution >= 4 is 0 Å². The van der Waals surface area contributed by atoms with Crippen LogP contribution in [0.3, 0.4) is 0 Å². The molecule has 6 heteroatoms. The van der Waals surface area contributed by atoms with Crippen LogP contribution in [0, 0.1) is 0 Å². The zero-order valence-corrected chi connectivity index (χ0v) is 9.04. The average molecular weight is 234 g/mol. The van der Waals surface area contributed by atoms with Crippen LogP contribution in [0.5, 0.6) is 0 Å². The van der Waals surface area contributed by atoms with Gasteiger partial charge in [-0.15, -0.1) is 0 Å². The molecule has 0 aliphatic carbocycles. The van der Waals surface area contributed by atoms with Crippen LogP contribution in [-0.2, 0) is 14.2 Å². The molecular weight excluding hydrogens is 216 g/mol. The second-order valence-electron chi connectivity index (χ2n) is 4.21. The van der Waals surface area contributed by atoms with Crippen molar-refractivity contribution in [3.05, 3.63) is 0 Å². The maximum Gasteiger partial charge on any atom is 0.122 e. The Morgan fingerprint density at radius 1 is 1.25 bits per heavy atom. The summed E-state index contributed by atoms with van der Waals surface area (Å²) in [5.41, 5.74) is -0.736. The second-order valence-corrected chi connectivity index (χ2v) is 4.21. The summed E-state index contributed by atoms with van der Waals surface area (Å²) in [6.45, 7) is 0.543. The molecule has 16 heavy (non-hydrogen) atoms. The van der Waals surface area contributed by atoms with E-state index in [0.29, 0.717) is 6.42 Å². The second kappa shape index (κ2) is 4.95. The molecule has 2 aliphatic heterocycles. The zero-order valence-electron chi connectivity index (χ0n) is 9.04. The predicted octanol–water partition coefficient (Wildman–Crippen LogP) is -1.72. The van der Waals surface area contributed by atoms with Crippen molar-refractivity contribution in [3.8, 4) is 0 Å². The number of aliphatic hydroxyl groups excluding tert-OH is 3. The summed E-state index contributed by atoms with van der Waals surface area (Å²) in [4.78, 5) is 0. The first-order chi connectivity index (χ1) is 7.73. The number of ether oxygens (including phenoxy) is 3. The first-order valence-electron chi connectivity index (χ1n) is 5.50. The summed E-state index contributed by atoms with van der Waals surface area (Å²) in [5.74, 6) is 0. The number of fused-ring (bicyclic) bond motifs is 1. The van der Waals surface area contributed by atoms with E-state index < -0.39 is 11.7 Å². The zero-order chi connectivity index (χ0) is 11.6. The molecule has 94 valence electrons. The predicted molar refractivity (Wildman–Crippen MR) is 53.0 cm³/mol. The quantitative estimate of drug-likeness (QED) is 0.524. The first kappa shape index (κ1) is 12.2. The molecule has 2 aliphatic rings. The van der Waals surface area contributed by atoms with Crippen molar-refractivity contribution in [2.45, 2.75) is 30.3 Å². The third-order valence-corrected chi connectivity index (χ3v) is 3.18. The van der Waals surface area contributed by atoms with Crippen LogP contribution in [0.15, 0.2) is 0 Å². The van der Waals surface area contributed by atoms with Gasteiger partial charge in [-0.3, -0.25) is 0 Å². The third-order valence-electron chi connectivity index (χ3n) is 3.18. The van der Waals surface area contributed by atoms with E-state index in [-0.39, 0.29) is 45.2 Å². The lowest BCUT2D eigenvalue weighted by Gasteiger charge is -2.31. The number of hydrogen-bond donors (Lipinski definition) is 3. The van der Waals surface area contributed by atoms with Gasteiger partial charge in [-0.05, 0) is 0 Å². The van der Waals surface area contributed by atoms with Gasteiger partial charge in [-0.25, -0.2) is 0 Å². The van der Waals surface area contributed by atoms with Gasteiger partial charge in [-0.1, -0.05) is 0 Å². The normalized spacial score (nSPS) is 42.6. The van der Waals surface area contributed by atoms with Crippen LogP contribution in [0.4, 0.5) is 0 Å². The summed E-state index contributed by atoms with van der Waals surface area (Å²) in [6.07, 6.45) is -1.00. The SMILES string of the molecule is OCCO[C@@]1(CCO)CO[C@@H]2[C@H](O)CO[C@@H]21. The highest BCUT2D eigenvalue weighted by Crippen LogP contribution is 2.38. The molecule has 0 aromatic carbocycles. The molecule has 2 heterocycles. The van der Waals surface area contributed by atoms with Gasteiger partial charge in [0.1, 0.15) is 23.9 Å². The van der Waals surface area contributed by atoms with E-state index >= 15 is 0 Å². The van der Waals surface area contributed by atoms with E-state index in [4.69, 9.17) is 24.4 Å². The monoisotopic (exact) mass is 234 g/mol. The lowest BCUT2D eigenvalue weighted by Crippen LogP contribution is -2.47. The van der Waals surface area contributed by atoms with Gasteiger partial charge in [0, 0.05) is 13.0 Å². The van der Waals surface area contributed by atoms with E-state index in [0.717, 1.165) is 0 Å². The Bertz CT molecular complexity index is 235. The van der Waals surface area contributed by atoms with E-state index in [1.165, 1.54) is 0 Å². The van der Waals surface area contributed by atoms with Crippen molar-refractivity contribution < 1.29 is 29.5 Å². The summed E-state index contributed by atoms with van der Waals surface area (Å²) in [5, 5.41) is 27.5. The fourth-order valence-corrected chi connectivity index (χ4v) is 2.41. The Hall–Kier alpha value is -0.240. The third kappa shape index (κ3) is 1.97. The van der Waals surface area contributed by atoms with E-state index in [1.807, 2.05) is 0 Å². The smallest absolute Gasteiger partial charge is 0.122 e. The van der Waals surface area contributed by atoms with Crippen molar-refractivity contribution in [2.75, 3.05) is 33.0 Å². The number of hydrogen-bond acceptors (Lipinski definition) is 6. The Labute approximate surface area is 93.7 Å². The van der Waals surface area contributed by atoms with Crippen LogP contribution in [0.2, 0.25) is 0 Å². The summed E-state index contributed by atoms with van der Waals surface area (Å²) in [7, 11) is 0. The van der Waals surface area contributed by atoms with Crippen LogP contribution in [0.25, 0.3) is 0 Å². The van der Waals surface area contributed by atoms with Gasteiger partial charge >= 0.3 is 0 Å². The highest BCUT2D eigenvalue weighted by Gasteiger charge is 2.56. The molecule has 3 N–H and O–H groups in total. The van der Waals surface area contributed by atoms with Gasteiger partial charge in [-0.2, -0.15) is 0 Å². The minimum Gasteiger partial charge on any atom is -0.396 e. The molecule has 0 saturated carbocycles. The fourth-order valence-electron chi connectivity index (χ4n) is 2.41. The minimum atomic E-state index is -0.736. The Balaban J connectivity index is 2.07. The van der Waals surface area contributed by atoms with Gasteiger partial charge < -0.3 is 29.5 Å². The van der Waals surface area contributed by atoms with Gasteiger partial charge in [0.15, 0.2) is 0 Å². The van der Waals surface area contributed by atoms with Gasteiger partial charge in [0.05, 0.1) is 26.4 Å². The van der Waals surface area contributed by atoms with Crippen molar-refractivity contribution in [2.24, 2.45) is 0 Å². The lowest BCUT2D eigenvalue weighted by atomic mass is 9.92. The first-order valence-corrected chi connectivity index (χ1v) is 5.50. The molecule has 6 nitrogen and oxygen atoms in total. The van der Waals surface area contributed by atoms with Crippen molar-refractivity contribution in [1.82, 2.24) is 0 Å². The topological polar surface area (TPSA) is 88.4 Å². The number of rotatable bonds is 5. The molecule has 2 rings (SSSR count). The Kier molecular flexibility index (Phi) is 3.78. The number of aliphatic hydroxyl groups is 3. The van der Waals surface area contributed by atoms with E-state index in [9.17, 15) is 5.11 Å². The van der Waals surface area contributed by atoms with Crippen molar-refractivity contribution in [3.63, 3.8) is 0 Å². The fraction of sp³-hybridized carbons (Fsp3) is 1.00. The molecule has 0 aromatic heterocycles. The van der Waals surface area contributed by atoms with Crippen LogP contribution in [-0.4, -0.2) is 72.3 Å². The molecule has 0 radical (unpaired) electrons. The Morgan fingerprint density at radius 3 is 2.75 bits per heavy atom. The van der Waals surface area contributed by atoms with Gasteiger partial charge in [0.25, 0.3) is 0 Å². The Morgan fingerprint density at radius 2 is 2.06 bits per heavy atom. The van der Waals surface area contributed by atoms with Crippen molar-refractivity contribution in [1.29, 1.82) is 0 Å². The molecule has 2 fully saturated rings. The van der Waals surface area contributed by atoms with E-state index in [2.05, 4.69) is 0 Å². The van der Waals surface area contributed by atoms with Gasteiger partial charge in [0.2, 0.25) is 0 Å². The molecule has 0 spiro atoms. The standard InChI is InChI=1S/C10H18O6/c11-2-1-10(16-4-3-12)6-15-8-7(13)5-14-9(8)10/h7-9,11-13H,1-6H2/t7-,8-,9+,10+/m1/s1. The maximum atomic E-state index is 9.61. The maximum absolute atomic E-state index is 9.61. The molecule has 4 atom stereocenters. The minimum absolute atomic E-state index is 0.0442. The summed E-state index contributed by atoms with van der Waals surface area (Å²) >= 11 is 0. The summed E-state index contributed by atoms with van der Waals surface area (Å²) < 4.78 is 16.5. The molecular formula is C10H18O6. The largest absolute Gasteiger partial charge is 0.396 e. The average Bonchev–Trinajstić information content (AvgIpc) is 2.80. The molecule has 0 aromatic rings. The van der Waals surface area contributed by atoms with Crippen LogP contribution >= 0.6 is 0 Å². The molecule has 0 unspecified atom stereocenters.